The van der Waals surface area contributed by atoms with Crippen LogP contribution in [0.5, 0.6) is 0 Å². The van der Waals surface area contributed by atoms with Gasteiger partial charge in [-0.2, -0.15) is 0 Å². The monoisotopic (exact) mass is 216 g/mol. The molecule has 15 heavy (non-hydrogen) atoms. The first-order valence-corrected chi connectivity index (χ1v) is 5.64. The quantitative estimate of drug-likeness (QED) is 0.718. The van der Waals surface area contributed by atoms with Gasteiger partial charge >= 0.3 is 6.09 Å². The van der Waals surface area contributed by atoms with E-state index in [4.69, 9.17) is 4.74 Å². The second kappa shape index (κ2) is 6.67. The summed E-state index contributed by atoms with van der Waals surface area (Å²) in [6.45, 7) is 11.2. The number of nitrogens with zero attached hydrogens (tertiary/aromatic N) is 1. The van der Waals surface area contributed by atoms with Crippen LogP contribution in [0.1, 0.15) is 47.5 Å². The van der Waals surface area contributed by atoms with Gasteiger partial charge in [-0.3, -0.25) is 0 Å². The molecule has 0 aliphatic rings. The van der Waals surface area contributed by atoms with Crippen molar-refractivity contribution in [2.75, 3.05) is 13.1 Å². The van der Waals surface area contributed by atoms with E-state index in [1.165, 1.54) is 0 Å². The highest BCUT2D eigenvalue weighted by atomic mass is 16.6. The van der Waals surface area contributed by atoms with Crippen molar-refractivity contribution in [3.8, 4) is 0 Å². The summed E-state index contributed by atoms with van der Waals surface area (Å²) >= 11 is 0. The van der Waals surface area contributed by atoms with Crippen LogP contribution in [0.4, 0.5) is 4.79 Å². The summed E-state index contributed by atoms with van der Waals surface area (Å²) in [7, 11) is 0. The van der Waals surface area contributed by atoms with Gasteiger partial charge in [0.1, 0.15) is 5.60 Å². The lowest BCUT2D eigenvalue weighted by Gasteiger charge is -2.27. The van der Waals surface area contributed by atoms with Crippen LogP contribution in [0.25, 0.3) is 0 Å². The number of carbonyl (C=O) groups is 1. The highest BCUT2D eigenvalue weighted by molar-refractivity contribution is 5.67. The average Bonchev–Trinajstić information content (AvgIpc) is 2.09. The zero-order valence-corrected chi connectivity index (χ0v) is 10.6. The van der Waals surface area contributed by atoms with Crippen molar-refractivity contribution in [1.29, 1.82) is 0 Å². The van der Waals surface area contributed by atoms with E-state index in [2.05, 4.69) is 12.3 Å². The summed E-state index contributed by atoms with van der Waals surface area (Å²) in [6, 6.07) is 0. The molecule has 4 nitrogen and oxygen atoms in total. The Morgan fingerprint density at radius 3 is 2.27 bits per heavy atom. The molecular formula is C11H24N2O2. The summed E-state index contributed by atoms with van der Waals surface area (Å²) in [5.41, 5.74) is 2.62. The lowest BCUT2D eigenvalue weighted by molar-refractivity contribution is 0.0138. The minimum Gasteiger partial charge on any atom is -0.443 e. The maximum absolute atomic E-state index is 11.7. The van der Waals surface area contributed by atoms with E-state index in [0.29, 0.717) is 6.54 Å². The fourth-order valence-electron chi connectivity index (χ4n) is 1.02. The zero-order valence-electron chi connectivity index (χ0n) is 10.6. The lowest BCUT2D eigenvalue weighted by atomic mass is 10.2. The summed E-state index contributed by atoms with van der Waals surface area (Å²) in [5.74, 6) is 0. The Morgan fingerprint density at radius 1 is 1.27 bits per heavy atom. The predicted octanol–water partition coefficient (Wildman–Crippen LogP) is 2.55. The van der Waals surface area contributed by atoms with Crippen LogP contribution < -0.4 is 5.43 Å². The van der Waals surface area contributed by atoms with Crippen molar-refractivity contribution >= 4 is 6.09 Å². The molecule has 0 bridgehead atoms. The fourth-order valence-corrected chi connectivity index (χ4v) is 1.02. The van der Waals surface area contributed by atoms with E-state index in [-0.39, 0.29) is 6.09 Å². The number of carbonyl (C=O) groups excluding carboxylic acids is 1. The molecule has 0 aromatic heterocycles. The number of hydrogen-bond donors (Lipinski definition) is 1. The molecule has 0 unspecified atom stereocenters. The van der Waals surface area contributed by atoms with Crippen LogP contribution in [0.15, 0.2) is 0 Å². The molecule has 0 saturated carbocycles. The van der Waals surface area contributed by atoms with Gasteiger partial charge in [-0.15, -0.1) is 0 Å². The van der Waals surface area contributed by atoms with E-state index in [1.54, 1.807) is 5.01 Å². The highest BCUT2D eigenvalue weighted by Crippen LogP contribution is 2.09. The maximum atomic E-state index is 11.7. The Labute approximate surface area is 92.9 Å². The Balaban J connectivity index is 4.15. The highest BCUT2D eigenvalue weighted by Gasteiger charge is 2.20. The van der Waals surface area contributed by atoms with Crippen molar-refractivity contribution in [3.05, 3.63) is 0 Å². The molecule has 0 radical (unpaired) electrons. The maximum Gasteiger partial charge on any atom is 0.424 e. The molecule has 1 N–H and O–H groups in total. The minimum absolute atomic E-state index is 0.294. The zero-order chi connectivity index (χ0) is 11.9. The fraction of sp³-hybridized carbons (Fsp3) is 0.909. The Bertz CT molecular complexity index is 188. The van der Waals surface area contributed by atoms with Crippen LogP contribution in [0, 0.1) is 0 Å². The van der Waals surface area contributed by atoms with Gasteiger partial charge < -0.3 is 4.74 Å². The third kappa shape index (κ3) is 7.19. The van der Waals surface area contributed by atoms with Gasteiger partial charge in [0, 0.05) is 13.1 Å². The molecule has 0 heterocycles. The molecule has 4 heteroatoms. The van der Waals surface area contributed by atoms with Crippen molar-refractivity contribution in [3.63, 3.8) is 0 Å². The Morgan fingerprint density at radius 2 is 1.87 bits per heavy atom. The first kappa shape index (κ1) is 14.2. The minimum atomic E-state index is -0.434. The van der Waals surface area contributed by atoms with E-state index in [9.17, 15) is 4.79 Å². The third-order valence-corrected chi connectivity index (χ3v) is 1.61. The summed E-state index contributed by atoms with van der Waals surface area (Å²) in [4.78, 5) is 11.7. The molecule has 0 atom stereocenters. The van der Waals surface area contributed by atoms with Gasteiger partial charge in [0.15, 0.2) is 0 Å². The molecule has 1 amide bonds. The first-order chi connectivity index (χ1) is 6.90. The Kier molecular flexibility index (Phi) is 6.32. The Hall–Kier alpha value is -0.770. The number of rotatable bonds is 5. The van der Waals surface area contributed by atoms with Crippen molar-refractivity contribution in [2.24, 2.45) is 0 Å². The number of hydrazine groups is 1. The summed E-state index contributed by atoms with van der Waals surface area (Å²) in [5, 5.41) is 1.55. The molecule has 90 valence electrons. The first-order valence-electron chi connectivity index (χ1n) is 5.64. The number of nitrogens with one attached hydrogen (secondary N) is 1. The molecule has 0 saturated heterocycles. The van der Waals surface area contributed by atoms with Gasteiger partial charge in [0.05, 0.1) is 0 Å². The second-order valence-corrected chi connectivity index (χ2v) is 4.54. The van der Waals surface area contributed by atoms with Crippen LogP contribution in [-0.4, -0.2) is 29.8 Å². The van der Waals surface area contributed by atoms with E-state index >= 15 is 0 Å². The molecule has 0 spiro atoms. The second-order valence-electron chi connectivity index (χ2n) is 4.54. The standard InChI is InChI=1S/C11H24N2O2/c1-6-8-12-13(9-7-2)10(14)15-11(3,4)5/h12H,6-9H2,1-5H3. The van der Waals surface area contributed by atoms with E-state index in [0.717, 1.165) is 19.4 Å². The van der Waals surface area contributed by atoms with Crippen LogP contribution in [-0.2, 0) is 4.74 Å². The smallest absolute Gasteiger partial charge is 0.424 e. The van der Waals surface area contributed by atoms with Crippen LogP contribution >= 0.6 is 0 Å². The molecular weight excluding hydrogens is 192 g/mol. The number of amides is 1. The van der Waals surface area contributed by atoms with E-state index < -0.39 is 5.60 Å². The van der Waals surface area contributed by atoms with Gasteiger partial charge in [0.25, 0.3) is 0 Å². The lowest BCUT2D eigenvalue weighted by Crippen LogP contribution is -2.46. The predicted molar refractivity (Wildman–Crippen MR) is 61.5 cm³/mol. The molecule has 0 aromatic carbocycles. The van der Waals surface area contributed by atoms with Crippen molar-refractivity contribution in [2.45, 2.75) is 53.1 Å². The SMILES string of the molecule is CCCNN(CCC)C(=O)OC(C)(C)C. The molecule has 0 aliphatic heterocycles. The van der Waals surface area contributed by atoms with Gasteiger partial charge in [-0.25, -0.2) is 15.2 Å². The van der Waals surface area contributed by atoms with Gasteiger partial charge in [-0.1, -0.05) is 13.8 Å². The topological polar surface area (TPSA) is 41.6 Å². The molecule has 0 rings (SSSR count). The average molecular weight is 216 g/mol. The molecule has 0 aromatic rings. The third-order valence-electron chi connectivity index (χ3n) is 1.61. The molecule has 0 aliphatic carbocycles. The van der Waals surface area contributed by atoms with E-state index in [1.807, 2.05) is 27.7 Å². The van der Waals surface area contributed by atoms with Crippen LogP contribution in [0.2, 0.25) is 0 Å². The summed E-state index contributed by atoms with van der Waals surface area (Å²) in [6.07, 6.45) is 1.61. The summed E-state index contributed by atoms with van der Waals surface area (Å²) < 4.78 is 5.27. The van der Waals surface area contributed by atoms with Gasteiger partial charge in [-0.05, 0) is 33.6 Å². The van der Waals surface area contributed by atoms with Crippen molar-refractivity contribution < 1.29 is 9.53 Å². The number of ether oxygens (including phenoxy) is 1. The van der Waals surface area contributed by atoms with Crippen LogP contribution in [0.3, 0.4) is 0 Å². The normalized spacial score (nSPS) is 11.3. The van der Waals surface area contributed by atoms with Crippen molar-refractivity contribution in [1.82, 2.24) is 10.4 Å². The number of hydrogen-bond acceptors (Lipinski definition) is 3. The largest absolute Gasteiger partial charge is 0.443 e. The molecule has 0 fully saturated rings. The van der Waals surface area contributed by atoms with Gasteiger partial charge in [0.2, 0.25) is 0 Å².